The summed E-state index contributed by atoms with van der Waals surface area (Å²) in [6.07, 6.45) is -4.71. The van der Waals surface area contributed by atoms with Crippen molar-refractivity contribution in [2.45, 2.75) is 6.18 Å². The Hall–Kier alpha value is -1.70. The predicted octanol–water partition coefficient (Wildman–Crippen LogP) is 2.02. The molecule has 1 rings (SSSR count). The van der Waals surface area contributed by atoms with E-state index in [0.29, 0.717) is 0 Å². The molecule has 1 amide bonds. The number of carbonyl (C=O) groups excluding carboxylic acids is 1. The van der Waals surface area contributed by atoms with Gasteiger partial charge in [-0.1, -0.05) is 0 Å². The van der Waals surface area contributed by atoms with E-state index < -0.39 is 36.9 Å². The second-order valence-corrected chi connectivity index (χ2v) is 3.65. The Balaban J connectivity index is 2.88. The third-order valence-electron chi connectivity index (χ3n) is 1.77. The first-order chi connectivity index (χ1) is 8.19. The van der Waals surface area contributed by atoms with Gasteiger partial charge < -0.3 is 14.4 Å². The molecule has 0 aliphatic rings. The van der Waals surface area contributed by atoms with Crippen LogP contribution in [0.4, 0.5) is 13.2 Å². The third kappa shape index (κ3) is 4.28. The van der Waals surface area contributed by atoms with Gasteiger partial charge in [-0.2, -0.15) is 13.2 Å². The van der Waals surface area contributed by atoms with Crippen molar-refractivity contribution < 1.29 is 32.3 Å². The summed E-state index contributed by atoms with van der Waals surface area (Å²) < 4.78 is 41.2. The first-order valence-corrected chi connectivity index (χ1v) is 4.90. The van der Waals surface area contributed by atoms with Crippen molar-refractivity contribution >= 4 is 23.5 Å². The number of carboxylic acid groups (broad SMARTS) is 1. The van der Waals surface area contributed by atoms with Gasteiger partial charge in [0.15, 0.2) is 11.0 Å². The van der Waals surface area contributed by atoms with Crippen molar-refractivity contribution in [1.82, 2.24) is 4.90 Å². The van der Waals surface area contributed by atoms with Gasteiger partial charge in [-0.05, 0) is 23.7 Å². The predicted molar refractivity (Wildman–Crippen MR) is 53.3 cm³/mol. The largest absolute Gasteiger partial charge is 0.480 e. The minimum Gasteiger partial charge on any atom is -0.480 e. The summed E-state index contributed by atoms with van der Waals surface area (Å²) in [5.41, 5.74) is 0. The number of alkyl halides is 3. The number of aliphatic carboxylic acids is 1. The summed E-state index contributed by atoms with van der Waals surface area (Å²) in [6, 6.07) is 2.23. The molecule has 0 radical (unpaired) electrons. The van der Waals surface area contributed by atoms with Gasteiger partial charge in [-0.3, -0.25) is 9.59 Å². The summed E-state index contributed by atoms with van der Waals surface area (Å²) in [5, 5.41) is 8.28. The molecule has 0 fully saturated rings. The Morgan fingerprint density at radius 1 is 1.39 bits per heavy atom. The van der Waals surface area contributed by atoms with Crippen LogP contribution >= 0.6 is 11.6 Å². The molecule has 0 aliphatic carbocycles. The standard InChI is InChI=1S/C9H7ClF3NO4/c10-6-2-1-5(18-6)8(17)14(3-7(15)16)4-9(11,12)13/h1-2H,3-4H2,(H,15,16). The molecule has 0 bridgehead atoms. The molecule has 1 N–H and O–H groups in total. The molecule has 100 valence electrons. The minimum atomic E-state index is -4.71. The van der Waals surface area contributed by atoms with E-state index in [1.54, 1.807) is 0 Å². The molecule has 0 unspecified atom stereocenters. The number of halogens is 4. The molecule has 0 saturated carbocycles. The second kappa shape index (κ2) is 5.30. The molecular weight excluding hydrogens is 279 g/mol. The van der Waals surface area contributed by atoms with E-state index >= 15 is 0 Å². The lowest BCUT2D eigenvalue weighted by molar-refractivity contribution is -0.149. The van der Waals surface area contributed by atoms with E-state index in [1.807, 2.05) is 0 Å². The Kier molecular flexibility index (Phi) is 4.23. The van der Waals surface area contributed by atoms with Crippen LogP contribution < -0.4 is 0 Å². The van der Waals surface area contributed by atoms with E-state index in [0.717, 1.165) is 6.07 Å². The highest BCUT2D eigenvalue weighted by molar-refractivity contribution is 6.29. The maximum Gasteiger partial charge on any atom is 0.406 e. The maximum absolute atomic E-state index is 12.2. The highest BCUT2D eigenvalue weighted by Crippen LogP contribution is 2.20. The van der Waals surface area contributed by atoms with Crippen LogP contribution in [0.25, 0.3) is 0 Å². The number of carbonyl (C=O) groups is 2. The summed E-state index contributed by atoms with van der Waals surface area (Å²) in [4.78, 5) is 22.1. The molecule has 1 aromatic heterocycles. The zero-order valence-corrected chi connectivity index (χ0v) is 9.46. The Morgan fingerprint density at radius 2 is 2.00 bits per heavy atom. The zero-order valence-electron chi connectivity index (χ0n) is 8.70. The fourth-order valence-electron chi connectivity index (χ4n) is 1.16. The molecule has 1 heterocycles. The fourth-order valence-corrected chi connectivity index (χ4v) is 1.31. The molecule has 5 nitrogen and oxygen atoms in total. The number of hydrogen-bond donors (Lipinski definition) is 1. The van der Waals surface area contributed by atoms with E-state index in [4.69, 9.17) is 16.7 Å². The number of rotatable bonds is 4. The van der Waals surface area contributed by atoms with Crippen LogP contribution in [0.1, 0.15) is 10.6 Å². The second-order valence-electron chi connectivity index (χ2n) is 3.27. The van der Waals surface area contributed by atoms with E-state index in [-0.39, 0.29) is 10.1 Å². The maximum atomic E-state index is 12.2. The van der Waals surface area contributed by atoms with Gasteiger partial charge in [0.1, 0.15) is 13.1 Å². The number of hydrogen-bond acceptors (Lipinski definition) is 3. The topological polar surface area (TPSA) is 70.8 Å². The molecule has 1 aromatic rings. The van der Waals surface area contributed by atoms with Crippen molar-refractivity contribution in [3.63, 3.8) is 0 Å². The van der Waals surface area contributed by atoms with Gasteiger partial charge in [-0.15, -0.1) is 0 Å². The van der Waals surface area contributed by atoms with Crippen LogP contribution in [0.5, 0.6) is 0 Å². The van der Waals surface area contributed by atoms with Crippen LogP contribution in [0.15, 0.2) is 16.5 Å². The van der Waals surface area contributed by atoms with Gasteiger partial charge in [0.2, 0.25) is 0 Å². The zero-order chi connectivity index (χ0) is 13.9. The first kappa shape index (κ1) is 14.4. The van der Waals surface area contributed by atoms with Crippen LogP contribution in [-0.2, 0) is 4.79 Å². The van der Waals surface area contributed by atoms with Gasteiger partial charge in [0, 0.05) is 0 Å². The average Bonchev–Trinajstić information content (AvgIpc) is 2.59. The molecule has 9 heteroatoms. The van der Waals surface area contributed by atoms with Gasteiger partial charge in [-0.25, -0.2) is 0 Å². The number of amides is 1. The van der Waals surface area contributed by atoms with E-state index in [9.17, 15) is 22.8 Å². The smallest absolute Gasteiger partial charge is 0.406 e. The Bertz CT molecular complexity index is 457. The van der Waals surface area contributed by atoms with Gasteiger partial charge in [0.05, 0.1) is 0 Å². The molecule has 18 heavy (non-hydrogen) atoms. The number of nitrogens with zero attached hydrogens (tertiary/aromatic N) is 1. The molecule has 0 atom stereocenters. The van der Waals surface area contributed by atoms with Gasteiger partial charge >= 0.3 is 12.1 Å². The Labute approximate surface area is 104 Å². The summed E-state index contributed by atoms with van der Waals surface area (Å²) in [7, 11) is 0. The molecule has 0 aromatic carbocycles. The lowest BCUT2D eigenvalue weighted by Crippen LogP contribution is -2.41. The molecular formula is C9H7ClF3NO4. The average molecular weight is 286 g/mol. The lowest BCUT2D eigenvalue weighted by atomic mass is 10.3. The van der Waals surface area contributed by atoms with Crippen molar-refractivity contribution in [2.75, 3.05) is 13.1 Å². The number of furan rings is 1. The molecule has 0 aliphatic heterocycles. The van der Waals surface area contributed by atoms with Crippen LogP contribution in [0.3, 0.4) is 0 Å². The van der Waals surface area contributed by atoms with Crippen molar-refractivity contribution in [1.29, 1.82) is 0 Å². The first-order valence-electron chi connectivity index (χ1n) is 4.52. The minimum absolute atomic E-state index is 0.109. The summed E-state index contributed by atoms with van der Waals surface area (Å²) >= 11 is 5.37. The van der Waals surface area contributed by atoms with Crippen LogP contribution in [0.2, 0.25) is 5.22 Å². The van der Waals surface area contributed by atoms with Crippen LogP contribution in [0, 0.1) is 0 Å². The van der Waals surface area contributed by atoms with E-state index in [2.05, 4.69) is 4.42 Å². The highest BCUT2D eigenvalue weighted by Gasteiger charge is 2.35. The van der Waals surface area contributed by atoms with Crippen molar-refractivity contribution in [3.05, 3.63) is 23.1 Å². The van der Waals surface area contributed by atoms with Crippen molar-refractivity contribution in [3.8, 4) is 0 Å². The lowest BCUT2D eigenvalue weighted by Gasteiger charge is -2.20. The molecule has 0 spiro atoms. The highest BCUT2D eigenvalue weighted by atomic mass is 35.5. The monoisotopic (exact) mass is 285 g/mol. The summed E-state index contributed by atoms with van der Waals surface area (Å²) in [6.45, 7) is -2.77. The number of carboxylic acids is 1. The molecule has 0 saturated heterocycles. The fraction of sp³-hybridized carbons (Fsp3) is 0.333. The third-order valence-corrected chi connectivity index (χ3v) is 1.97. The van der Waals surface area contributed by atoms with Crippen molar-refractivity contribution in [2.24, 2.45) is 0 Å². The summed E-state index contributed by atoms with van der Waals surface area (Å²) in [5.74, 6) is -3.21. The van der Waals surface area contributed by atoms with Gasteiger partial charge in [0.25, 0.3) is 5.91 Å². The Morgan fingerprint density at radius 3 is 2.39 bits per heavy atom. The van der Waals surface area contributed by atoms with Crippen LogP contribution in [-0.4, -0.2) is 41.1 Å². The SMILES string of the molecule is O=C(O)CN(CC(F)(F)F)C(=O)c1ccc(Cl)o1. The quantitative estimate of drug-likeness (QED) is 0.919. The normalized spacial score (nSPS) is 11.3. The van der Waals surface area contributed by atoms with E-state index in [1.165, 1.54) is 6.07 Å².